The Balaban J connectivity index is 1.78. The Bertz CT molecular complexity index is 1060. The Morgan fingerprint density at radius 3 is 2.75 bits per heavy atom. The highest BCUT2D eigenvalue weighted by Crippen LogP contribution is 2.36. The summed E-state index contributed by atoms with van der Waals surface area (Å²) in [7, 11) is -2.84. The Morgan fingerprint density at radius 1 is 1.29 bits per heavy atom. The largest absolute Gasteiger partial charge is 0.482 e. The summed E-state index contributed by atoms with van der Waals surface area (Å²) in [5.74, 6) is -0.737. The van der Waals surface area contributed by atoms with Gasteiger partial charge in [-0.2, -0.15) is 4.31 Å². The second-order valence-electron chi connectivity index (χ2n) is 5.94. The Kier molecular flexibility index (Phi) is 5.80. The first-order valence-electron chi connectivity index (χ1n) is 7.95. The van der Waals surface area contributed by atoms with Gasteiger partial charge in [0, 0.05) is 23.8 Å². The molecule has 8 nitrogen and oxygen atoms in total. The first-order chi connectivity index (χ1) is 13.2. The zero-order chi connectivity index (χ0) is 20.5. The molecule has 2 aromatic rings. The maximum atomic E-state index is 12.8. The number of anilines is 2. The lowest BCUT2D eigenvalue weighted by Crippen LogP contribution is -2.35. The van der Waals surface area contributed by atoms with Crippen molar-refractivity contribution in [2.45, 2.75) is 4.90 Å². The number of carbonyl (C=O) groups excluding carboxylic acids is 2. The number of nitrogens with one attached hydrogen (secondary N) is 2. The summed E-state index contributed by atoms with van der Waals surface area (Å²) >= 11 is 12.0. The van der Waals surface area contributed by atoms with Gasteiger partial charge >= 0.3 is 0 Å². The van der Waals surface area contributed by atoms with Crippen molar-refractivity contribution in [3.05, 3.63) is 46.4 Å². The van der Waals surface area contributed by atoms with E-state index in [0.29, 0.717) is 10.7 Å². The van der Waals surface area contributed by atoms with Crippen LogP contribution in [0.1, 0.15) is 0 Å². The number of fused-ring (bicyclic) bond motifs is 1. The van der Waals surface area contributed by atoms with Gasteiger partial charge in [0.25, 0.3) is 5.91 Å². The van der Waals surface area contributed by atoms with Crippen molar-refractivity contribution < 1.29 is 22.7 Å². The average molecular weight is 444 g/mol. The van der Waals surface area contributed by atoms with Crippen molar-refractivity contribution in [1.82, 2.24) is 4.31 Å². The van der Waals surface area contributed by atoms with Crippen molar-refractivity contribution in [2.24, 2.45) is 0 Å². The SMILES string of the molecule is CN(CC(=O)Nc1cccc(Cl)c1)S(=O)(=O)c1cc2c(cc1Cl)NC(=O)CO2. The van der Waals surface area contributed by atoms with Gasteiger partial charge in [-0.15, -0.1) is 0 Å². The molecule has 0 radical (unpaired) electrons. The number of sulfonamides is 1. The predicted molar refractivity (Wildman–Crippen MR) is 105 cm³/mol. The molecule has 0 bridgehead atoms. The minimum absolute atomic E-state index is 0.105. The van der Waals surface area contributed by atoms with Crippen molar-refractivity contribution in [3.8, 4) is 5.75 Å². The predicted octanol–water partition coefficient (Wildman–Crippen LogP) is 2.58. The maximum absolute atomic E-state index is 12.8. The van der Waals surface area contributed by atoms with Gasteiger partial charge in [-0.25, -0.2) is 8.42 Å². The van der Waals surface area contributed by atoms with E-state index in [1.165, 1.54) is 19.2 Å². The summed E-state index contributed by atoms with van der Waals surface area (Å²) in [4.78, 5) is 23.3. The van der Waals surface area contributed by atoms with Crippen molar-refractivity contribution >= 4 is 56.4 Å². The van der Waals surface area contributed by atoms with E-state index >= 15 is 0 Å². The van der Waals surface area contributed by atoms with Crippen molar-refractivity contribution in [3.63, 3.8) is 0 Å². The second kappa shape index (κ2) is 7.96. The summed E-state index contributed by atoms with van der Waals surface area (Å²) < 4.78 is 31.8. The van der Waals surface area contributed by atoms with Gasteiger partial charge in [-0.1, -0.05) is 29.3 Å². The van der Waals surface area contributed by atoms with Crippen LogP contribution in [0.3, 0.4) is 0 Å². The summed E-state index contributed by atoms with van der Waals surface area (Å²) in [5, 5.41) is 5.44. The topological polar surface area (TPSA) is 105 Å². The van der Waals surface area contributed by atoms with Gasteiger partial charge in [-0.3, -0.25) is 9.59 Å². The number of amides is 2. The van der Waals surface area contributed by atoms with Crippen LogP contribution in [0.2, 0.25) is 10.0 Å². The maximum Gasteiger partial charge on any atom is 0.262 e. The molecule has 0 atom stereocenters. The lowest BCUT2D eigenvalue weighted by molar-refractivity contribution is -0.118. The fraction of sp³-hybridized carbons (Fsp3) is 0.176. The highest BCUT2D eigenvalue weighted by atomic mass is 35.5. The van der Waals surface area contributed by atoms with Crippen LogP contribution >= 0.6 is 23.2 Å². The minimum atomic E-state index is -4.09. The highest BCUT2D eigenvalue weighted by molar-refractivity contribution is 7.89. The van der Waals surface area contributed by atoms with Crippen molar-refractivity contribution in [2.75, 3.05) is 30.8 Å². The van der Waals surface area contributed by atoms with E-state index in [2.05, 4.69) is 10.6 Å². The molecule has 11 heteroatoms. The molecule has 0 spiro atoms. The molecule has 2 N–H and O–H groups in total. The molecular formula is C17H15Cl2N3O5S. The van der Waals surface area contributed by atoms with E-state index in [1.807, 2.05) is 0 Å². The van der Waals surface area contributed by atoms with Crippen LogP contribution < -0.4 is 15.4 Å². The molecule has 0 unspecified atom stereocenters. The fourth-order valence-electron chi connectivity index (χ4n) is 2.50. The summed E-state index contributed by atoms with van der Waals surface area (Å²) in [6.45, 7) is -0.675. The number of ether oxygens (including phenoxy) is 1. The minimum Gasteiger partial charge on any atom is -0.482 e. The van der Waals surface area contributed by atoms with Crippen LogP contribution in [0.4, 0.5) is 11.4 Å². The van der Waals surface area contributed by atoms with Crippen LogP contribution in [0.15, 0.2) is 41.3 Å². The zero-order valence-corrected chi connectivity index (χ0v) is 16.9. The van der Waals surface area contributed by atoms with Gasteiger partial charge in [0.05, 0.1) is 17.3 Å². The second-order valence-corrected chi connectivity index (χ2v) is 8.79. The fourth-order valence-corrected chi connectivity index (χ4v) is 4.33. The molecule has 28 heavy (non-hydrogen) atoms. The summed E-state index contributed by atoms with van der Waals surface area (Å²) in [6.07, 6.45) is 0. The van der Waals surface area contributed by atoms with Crippen LogP contribution in [-0.4, -0.2) is 44.7 Å². The van der Waals surface area contributed by atoms with Gasteiger partial charge in [0.1, 0.15) is 10.6 Å². The van der Waals surface area contributed by atoms with E-state index in [4.69, 9.17) is 27.9 Å². The van der Waals surface area contributed by atoms with Crippen molar-refractivity contribution in [1.29, 1.82) is 0 Å². The van der Waals surface area contributed by atoms with Gasteiger partial charge in [0.15, 0.2) is 6.61 Å². The van der Waals surface area contributed by atoms with E-state index < -0.39 is 22.5 Å². The molecule has 2 aromatic carbocycles. The van der Waals surface area contributed by atoms with Gasteiger partial charge < -0.3 is 15.4 Å². The number of benzene rings is 2. The van der Waals surface area contributed by atoms with Crippen LogP contribution in [-0.2, 0) is 19.6 Å². The van der Waals surface area contributed by atoms with E-state index in [0.717, 1.165) is 4.31 Å². The van der Waals surface area contributed by atoms with Crippen LogP contribution in [0.25, 0.3) is 0 Å². The quantitative estimate of drug-likeness (QED) is 0.738. The lowest BCUT2D eigenvalue weighted by Gasteiger charge is -2.22. The molecular weight excluding hydrogens is 429 g/mol. The molecule has 0 aromatic heterocycles. The number of nitrogens with zero attached hydrogens (tertiary/aromatic N) is 1. The molecule has 1 heterocycles. The van der Waals surface area contributed by atoms with Gasteiger partial charge in [0.2, 0.25) is 15.9 Å². The molecule has 1 aliphatic rings. The molecule has 1 aliphatic heterocycles. The Morgan fingerprint density at radius 2 is 2.04 bits per heavy atom. The normalized spacial score (nSPS) is 13.5. The standard InChI is InChI=1S/C17H15Cl2N3O5S/c1-22(8-16(23)20-11-4-2-3-10(18)5-11)28(25,26)15-7-14-13(6-12(15)19)21-17(24)9-27-14/h2-7H,8-9H2,1H3,(H,20,23)(H,21,24). The molecule has 0 saturated heterocycles. The molecule has 2 amide bonds. The first kappa shape index (κ1) is 20.4. The number of halogens is 2. The molecule has 0 fully saturated rings. The zero-order valence-electron chi connectivity index (χ0n) is 14.5. The number of carbonyl (C=O) groups is 2. The number of rotatable bonds is 5. The highest BCUT2D eigenvalue weighted by Gasteiger charge is 2.28. The smallest absolute Gasteiger partial charge is 0.262 e. The first-order valence-corrected chi connectivity index (χ1v) is 10.1. The molecule has 148 valence electrons. The molecule has 0 saturated carbocycles. The third-order valence-electron chi connectivity index (χ3n) is 3.83. The summed E-state index contributed by atoms with van der Waals surface area (Å²) in [6, 6.07) is 8.99. The number of likely N-dealkylation sites (N-methyl/N-ethyl adjacent to an activating group) is 1. The third kappa shape index (κ3) is 4.39. The van der Waals surface area contributed by atoms with Crippen LogP contribution in [0.5, 0.6) is 5.75 Å². The molecule has 0 aliphatic carbocycles. The Labute approximate surface area is 171 Å². The van der Waals surface area contributed by atoms with E-state index in [9.17, 15) is 18.0 Å². The Hall–Kier alpha value is -2.33. The van der Waals surface area contributed by atoms with E-state index in [1.54, 1.807) is 24.3 Å². The molecule has 3 rings (SSSR count). The van der Waals surface area contributed by atoms with E-state index in [-0.39, 0.29) is 33.9 Å². The lowest BCUT2D eigenvalue weighted by atomic mass is 10.2. The third-order valence-corrected chi connectivity index (χ3v) is 6.33. The van der Waals surface area contributed by atoms with Crippen LogP contribution in [0, 0.1) is 0 Å². The summed E-state index contributed by atoms with van der Waals surface area (Å²) in [5.41, 5.74) is 0.723. The monoisotopic (exact) mass is 443 g/mol. The number of hydrogen-bond donors (Lipinski definition) is 2. The number of hydrogen-bond acceptors (Lipinski definition) is 5. The van der Waals surface area contributed by atoms with Gasteiger partial charge in [-0.05, 0) is 24.3 Å². The average Bonchev–Trinajstić information content (AvgIpc) is 2.60.